The molecule has 1 aliphatic rings. The minimum atomic E-state index is -0.418. The number of nitrogens with zero attached hydrogens (tertiary/aromatic N) is 4. The van der Waals surface area contributed by atoms with E-state index in [1.807, 2.05) is 0 Å². The molecule has 0 radical (unpaired) electrons. The van der Waals surface area contributed by atoms with Crippen molar-refractivity contribution >= 4 is 5.69 Å². The van der Waals surface area contributed by atoms with Crippen LogP contribution in [0.25, 0.3) is 11.4 Å². The first-order valence-electron chi connectivity index (χ1n) is 6.55. The Morgan fingerprint density at radius 2 is 2.11 bits per heavy atom. The van der Waals surface area contributed by atoms with E-state index in [0.717, 1.165) is 12.1 Å². The first-order valence-corrected chi connectivity index (χ1v) is 6.55. The zero-order valence-electron chi connectivity index (χ0n) is 10.6. The normalized spacial score (nSPS) is 16.1. The topological polar surface area (TPSA) is 69.6 Å². The van der Waals surface area contributed by atoms with Crippen molar-refractivity contribution in [1.82, 2.24) is 20.2 Å². The highest BCUT2D eigenvalue weighted by Crippen LogP contribution is 2.28. The molecule has 2 aromatic rings. The van der Waals surface area contributed by atoms with Crippen LogP contribution in [0.15, 0.2) is 18.2 Å². The molecule has 1 aromatic carbocycles. The Kier molecular flexibility index (Phi) is 3.15. The third-order valence-electron chi connectivity index (χ3n) is 3.69. The number of hydrogen-bond acceptors (Lipinski definition) is 4. The third kappa shape index (κ3) is 2.43. The summed E-state index contributed by atoms with van der Waals surface area (Å²) in [6.07, 6.45) is 5.02. The standard InChI is InChI=1S/C13H16FN5/c14-11-6-5-10(7-12(11)15)13-16-17-18-19(13)8-9-3-1-2-4-9/h5-7,9H,1-4,8,15H2. The smallest absolute Gasteiger partial charge is 0.182 e. The summed E-state index contributed by atoms with van der Waals surface area (Å²) in [4.78, 5) is 0. The first kappa shape index (κ1) is 12.1. The fourth-order valence-corrected chi connectivity index (χ4v) is 2.65. The molecule has 0 spiro atoms. The Balaban J connectivity index is 1.87. The highest BCUT2D eigenvalue weighted by atomic mass is 19.1. The van der Waals surface area contributed by atoms with E-state index in [9.17, 15) is 4.39 Å². The monoisotopic (exact) mass is 261 g/mol. The number of nitrogens with two attached hydrogens (primary N) is 1. The predicted octanol–water partition coefficient (Wildman–Crippen LogP) is 2.25. The van der Waals surface area contributed by atoms with Crippen molar-refractivity contribution in [2.24, 2.45) is 5.92 Å². The van der Waals surface area contributed by atoms with E-state index in [1.54, 1.807) is 16.8 Å². The van der Waals surface area contributed by atoms with Crippen LogP contribution >= 0.6 is 0 Å². The number of aromatic nitrogens is 4. The van der Waals surface area contributed by atoms with E-state index in [2.05, 4.69) is 15.5 Å². The summed E-state index contributed by atoms with van der Waals surface area (Å²) in [5.74, 6) is 0.872. The van der Waals surface area contributed by atoms with Crippen molar-refractivity contribution in [2.75, 3.05) is 5.73 Å². The molecule has 1 fully saturated rings. The lowest BCUT2D eigenvalue weighted by Gasteiger charge is -2.10. The molecule has 2 N–H and O–H groups in total. The second-order valence-corrected chi connectivity index (χ2v) is 5.07. The highest BCUT2D eigenvalue weighted by Gasteiger charge is 2.19. The van der Waals surface area contributed by atoms with Crippen molar-refractivity contribution in [3.05, 3.63) is 24.0 Å². The number of nitrogen functional groups attached to an aromatic ring is 1. The minimum absolute atomic E-state index is 0.118. The Labute approximate surface area is 110 Å². The maximum Gasteiger partial charge on any atom is 0.182 e. The maximum absolute atomic E-state index is 13.2. The lowest BCUT2D eigenvalue weighted by Crippen LogP contribution is -2.10. The van der Waals surface area contributed by atoms with Gasteiger partial charge in [-0.2, -0.15) is 0 Å². The van der Waals surface area contributed by atoms with Crippen molar-refractivity contribution in [2.45, 2.75) is 32.2 Å². The van der Waals surface area contributed by atoms with Crippen LogP contribution in [-0.2, 0) is 6.54 Å². The number of tetrazole rings is 1. The van der Waals surface area contributed by atoms with E-state index in [1.165, 1.54) is 31.7 Å². The van der Waals surface area contributed by atoms with Gasteiger partial charge >= 0.3 is 0 Å². The molecule has 5 nitrogen and oxygen atoms in total. The average Bonchev–Trinajstić information content (AvgIpc) is 3.05. The Hall–Kier alpha value is -1.98. The minimum Gasteiger partial charge on any atom is -0.396 e. The van der Waals surface area contributed by atoms with Gasteiger partial charge in [0.1, 0.15) is 5.82 Å². The van der Waals surface area contributed by atoms with Gasteiger partial charge in [0, 0.05) is 12.1 Å². The molecular weight excluding hydrogens is 245 g/mol. The highest BCUT2D eigenvalue weighted by molar-refractivity contribution is 5.61. The van der Waals surface area contributed by atoms with Gasteiger partial charge in [-0.3, -0.25) is 0 Å². The van der Waals surface area contributed by atoms with Crippen LogP contribution < -0.4 is 5.73 Å². The van der Waals surface area contributed by atoms with Gasteiger partial charge in [0.25, 0.3) is 0 Å². The van der Waals surface area contributed by atoms with Crippen molar-refractivity contribution in [1.29, 1.82) is 0 Å². The van der Waals surface area contributed by atoms with Gasteiger partial charge in [-0.15, -0.1) is 5.10 Å². The molecular formula is C13H16FN5. The van der Waals surface area contributed by atoms with Gasteiger partial charge in [0.05, 0.1) is 5.69 Å². The van der Waals surface area contributed by atoms with Crippen LogP contribution in [0.4, 0.5) is 10.1 Å². The molecule has 1 aromatic heterocycles. The molecule has 100 valence electrons. The van der Waals surface area contributed by atoms with Crippen molar-refractivity contribution in [3.8, 4) is 11.4 Å². The zero-order chi connectivity index (χ0) is 13.2. The molecule has 1 aliphatic carbocycles. The number of rotatable bonds is 3. The maximum atomic E-state index is 13.2. The first-order chi connectivity index (χ1) is 9.24. The summed E-state index contributed by atoms with van der Waals surface area (Å²) in [7, 11) is 0. The third-order valence-corrected chi connectivity index (χ3v) is 3.69. The number of anilines is 1. The molecule has 0 atom stereocenters. The van der Waals surface area contributed by atoms with E-state index in [-0.39, 0.29) is 5.69 Å². The number of halogens is 1. The summed E-state index contributed by atoms with van der Waals surface area (Å²) < 4.78 is 15.0. The summed E-state index contributed by atoms with van der Waals surface area (Å²) in [6.45, 7) is 0.819. The lowest BCUT2D eigenvalue weighted by atomic mass is 10.1. The average molecular weight is 261 g/mol. The lowest BCUT2D eigenvalue weighted by molar-refractivity contribution is 0.424. The molecule has 0 amide bonds. The van der Waals surface area contributed by atoms with Gasteiger partial charge in [-0.25, -0.2) is 9.07 Å². The second kappa shape index (κ2) is 4.95. The Morgan fingerprint density at radius 3 is 2.84 bits per heavy atom. The van der Waals surface area contributed by atoms with Crippen molar-refractivity contribution in [3.63, 3.8) is 0 Å². The van der Waals surface area contributed by atoms with Crippen LogP contribution in [0.5, 0.6) is 0 Å². The Morgan fingerprint density at radius 1 is 1.32 bits per heavy atom. The van der Waals surface area contributed by atoms with E-state index < -0.39 is 5.82 Å². The zero-order valence-corrected chi connectivity index (χ0v) is 10.6. The number of hydrogen-bond donors (Lipinski definition) is 1. The van der Waals surface area contributed by atoms with Crippen molar-refractivity contribution < 1.29 is 4.39 Å². The van der Waals surface area contributed by atoms with Crippen LogP contribution in [-0.4, -0.2) is 20.2 Å². The van der Waals surface area contributed by atoms with Gasteiger partial charge in [-0.1, -0.05) is 12.8 Å². The van der Waals surface area contributed by atoms with Crippen LogP contribution in [0.2, 0.25) is 0 Å². The van der Waals surface area contributed by atoms with Crippen LogP contribution in [0.1, 0.15) is 25.7 Å². The predicted molar refractivity (Wildman–Crippen MR) is 69.6 cm³/mol. The molecule has 1 saturated carbocycles. The van der Waals surface area contributed by atoms with Crippen LogP contribution in [0.3, 0.4) is 0 Å². The van der Waals surface area contributed by atoms with E-state index in [4.69, 9.17) is 5.73 Å². The number of benzene rings is 1. The molecule has 0 aliphatic heterocycles. The molecule has 0 bridgehead atoms. The Bertz CT molecular complexity index is 574. The summed E-state index contributed by atoms with van der Waals surface area (Å²) >= 11 is 0. The largest absolute Gasteiger partial charge is 0.396 e. The van der Waals surface area contributed by atoms with Gasteiger partial charge < -0.3 is 5.73 Å². The molecule has 0 saturated heterocycles. The fourth-order valence-electron chi connectivity index (χ4n) is 2.65. The fraction of sp³-hybridized carbons (Fsp3) is 0.462. The summed E-state index contributed by atoms with van der Waals surface area (Å²) in [5.41, 5.74) is 6.46. The molecule has 3 rings (SSSR count). The van der Waals surface area contributed by atoms with E-state index in [0.29, 0.717) is 11.7 Å². The molecule has 1 heterocycles. The second-order valence-electron chi connectivity index (χ2n) is 5.07. The molecule has 6 heteroatoms. The van der Waals surface area contributed by atoms with Gasteiger partial charge in [0.2, 0.25) is 0 Å². The quantitative estimate of drug-likeness (QED) is 0.860. The van der Waals surface area contributed by atoms with Gasteiger partial charge in [-0.05, 0) is 47.4 Å². The summed E-state index contributed by atoms with van der Waals surface area (Å²) in [6, 6.07) is 4.58. The van der Waals surface area contributed by atoms with E-state index >= 15 is 0 Å². The summed E-state index contributed by atoms with van der Waals surface area (Å²) in [5, 5.41) is 11.8. The SMILES string of the molecule is Nc1cc(-c2nnnn2CC2CCCC2)ccc1F. The molecule has 19 heavy (non-hydrogen) atoms. The van der Waals surface area contributed by atoms with Gasteiger partial charge in [0.15, 0.2) is 5.82 Å². The van der Waals surface area contributed by atoms with Crippen LogP contribution in [0, 0.1) is 11.7 Å². The molecule has 0 unspecified atom stereocenters.